The summed E-state index contributed by atoms with van der Waals surface area (Å²) in [7, 11) is -2.09. The highest BCUT2D eigenvalue weighted by Gasteiger charge is 2.55. The molecule has 0 aliphatic carbocycles. The number of hydrogen-bond donors (Lipinski definition) is 1. The van der Waals surface area contributed by atoms with E-state index in [4.69, 9.17) is 18.5 Å². The largest absolute Gasteiger partial charge is 0.473 e. The van der Waals surface area contributed by atoms with E-state index in [-0.39, 0.29) is 18.2 Å². The van der Waals surface area contributed by atoms with Crippen molar-refractivity contribution in [2.45, 2.75) is 44.3 Å². The molecule has 0 aromatic carbocycles. The lowest BCUT2D eigenvalue weighted by Gasteiger charge is -2.17. The van der Waals surface area contributed by atoms with Gasteiger partial charge in [0, 0.05) is 0 Å². The number of fused-ring (bicyclic) bond motifs is 1. The van der Waals surface area contributed by atoms with E-state index < -0.39 is 20.0 Å². The van der Waals surface area contributed by atoms with Crippen molar-refractivity contribution >= 4 is 15.7 Å². The van der Waals surface area contributed by atoms with Gasteiger partial charge in [0.2, 0.25) is 0 Å². The van der Waals surface area contributed by atoms with Crippen molar-refractivity contribution in [1.82, 2.24) is 0 Å². The van der Waals surface area contributed by atoms with Crippen LogP contribution in [0.15, 0.2) is 0 Å². The molecular weight excluding hydrogens is 234 g/mol. The van der Waals surface area contributed by atoms with E-state index in [2.05, 4.69) is 0 Å². The predicted octanol–water partition coefficient (Wildman–Crippen LogP) is -0.346. The van der Waals surface area contributed by atoms with E-state index in [0.29, 0.717) is 6.61 Å². The fraction of sp³-hybridized carbons (Fsp3) is 1.00. The van der Waals surface area contributed by atoms with Crippen LogP contribution in [-0.4, -0.2) is 49.8 Å². The summed E-state index contributed by atoms with van der Waals surface area (Å²) in [6.45, 7) is 4.17. The Morgan fingerprint density at radius 3 is 2.69 bits per heavy atom. The second kappa shape index (κ2) is 4.40. The third-order valence-corrected chi connectivity index (χ3v) is 3.67. The molecule has 2 unspecified atom stereocenters. The Hall–Kier alpha value is 0.0949. The fourth-order valence-electron chi connectivity index (χ4n) is 1.94. The monoisotopic (exact) mass is 250 g/mol. The Labute approximate surface area is 95.2 Å². The van der Waals surface area contributed by atoms with Crippen LogP contribution in [0.2, 0.25) is 0 Å². The smallest absolute Gasteiger partial charge is 0.376 e. The van der Waals surface area contributed by atoms with Crippen LogP contribution in [0.25, 0.3) is 0 Å². The molecule has 0 radical (unpaired) electrons. The van der Waals surface area contributed by atoms with E-state index in [1.165, 1.54) is 0 Å². The zero-order chi connectivity index (χ0) is 11.9. The van der Waals surface area contributed by atoms with Gasteiger partial charge < -0.3 is 14.4 Å². The van der Waals surface area contributed by atoms with Crippen molar-refractivity contribution in [3.63, 3.8) is 0 Å². The van der Waals surface area contributed by atoms with Gasteiger partial charge in [-0.1, -0.05) is 0 Å². The van der Waals surface area contributed by atoms with Gasteiger partial charge in [-0.15, -0.1) is 0 Å². The second-order valence-corrected chi connectivity index (χ2v) is 5.73. The maximum absolute atomic E-state index is 11.3. The van der Waals surface area contributed by atoms with Crippen molar-refractivity contribution < 1.29 is 28.0 Å². The highest BCUT2D eigenvalue weighted by molar-refractivity contribution is 7.47. The molecule has 16 heavy (non-hydrogen) atoms. The highest BCUT2D eigenvalue weighted by Crippen LogP contribution is 2.56. The van der Waals surface area contributed by atoms with Crippen LogP contribution < -0.4 is 0 Å². The first-order chi connectivity index (χ1) is 7.39. The molecule has 1 N–H and O–H groups in total. The number of ether oxygens (including phenoxy) is 2. The standard InChI is InChI=1S/C8H16BO6P/c1-4(2)12-3-5-6-7(8(9)13-5)15-16(10,11)14-6/h4-8H,3,9H2,1-2H3,(H,10,11)/t5-,6?,7+,8-/m1/s1. The molecule has 6 nitrogen and oxygen atoms in total. The van der Waals surface area contributed by atoms with E-state index in [1.807, 2.05) is 13.8 Å². The molecule has 2 fully saturated rings. The summed E-state index contributed by atoms with van der Waals surface area (Å²) in [5.41, 5.74) is 0. The first-order valence-electron chi connectivity index (χ1n) is 5.36. The summed E-state index contributed by atoms with van der Waals surface area (Å²) in [4.78, 5) is 9.23. The van der Waals surface area contributed by atoms with Gasteiger partial charge in [-0.3, -0.25) is 9.05 Å². The average Bonchev–Trinajstić information content (AvgIpc) is 2.59. The summed E-state index contributed by atoms with van der Waals surface area (Å²) in [6, 6.07) is -0.256. The van der Waals surface area contributed by atoms with Gasteiger partial charge in [0.1, 0.15) is 26.2 Å². The van der Waals surface area contributed by atoms with Gasteiger partial charge in [-0.2, -0.15) is 0 Å². The fourth-order valence-corrected chi connectivity index (χ4v) is 3.15. The molecule has 0 spiro atoms. The molecular formula is C8H16BO6P. The lowest BCUT2D eigenvalue weighted by atomic mass is 9.93. The van der Waals surface area contributed by atoms with Gasteiger partial charge in [-0.25, -0.2) is 4.57 Å². The minimum Gasteiger partial charge on any atom is -0.376 e. The Balaban J connectivity index is 1.99. The van der Waals surface area contributed by atoms with E-state index in [1.54, 1.807) is 7.85 Å². The van der Waals surface area contributed by atoms with E-state index in [0.717, 1.165) is 0 Å². The van der Waals surface area contributed by atoms with Gasteiger partial charge >= 0.3 is 7.82 Å². The second-order valence-electron chi connectivity index (χ2n) is 4.37. The Morgan fingerprint density at radius 2 is 2.06 bits per heavy atom. The quantitative estimate of drug-likeness (QED) is 0.545. The zero-order valence-electron chi connectivity index (χ0n) is 9.53. The molecule has 2 rings (SSSR count). The summed E-state index contributed by atoms with van der Waals surface area (Å²) in [6.07, 6.45) is -1.24. The van der Waals surface area contributed by atoms with Crippen LogP contribution >= 0.6 is 7.82 Å². The first-order valence-corrected chi connectivity index (χ1v) is 6.85. The minimum atomic E-state index is -3.88. The molecule has 5 atom stereocenters. The Morgan fingerprint density at radius 1 is 1.44 bits per heavy atom. The van der Waals surface area contributed by atoms with Crippen molar-refractivity contribution in [2.24, 2.45) is 0 Å². The number of hydrogen-bond acceptors (Lipinski definition) is 5. The van der Waals surface area contributed by atoms with Crippen LogP contribution in [0.3, 0.4) is 0 Å². The van der Waals surface area contributed by atoms with Gasteiger partial charge in [0.25, 0.3) is 0 Å². The Kier molecular flexibility index (Phi) is 3.45. The molecule has 0 aromatic rings. The van der Waals surface area contributed by atoms with Crippen molar-refractivity contribution in [1.29, 1.82) is 0 Å². The minimum absolute atomic E-state index is 0.0845. The molecule has 0 saturated carbocycles. The van der Waals surface area contributed by atoms with Gasteiger partial charge in [0.05, 0.1) is 18.7 Å². The molecule has 2 aliphatic rings. The predicted molar refractivity (Wildman–Crippen MR) is 57.9 cm³/mol. The third-order valence-electron chi connectivity index (χ3n) is 2.65. The molecule has 2 saturated heterocycles. The van der Waals surface area contributed by atoms with Gasteiger partial charge in [-0.05, 0) is 13.8 Å². The molecule has 0 aromatic heterocycles. The van der Waals surface area contributed by atoms with Crippen molar-refractivity contribution in [3.05, 3.63) is 0 Å². The highest BCUT2D eigenvalue weighted by atomic mass is 31.2. The topological polar surface area (TPSA) is 74.2 Å². The van der Waals surface area contributed by atoms with Crippen LogP contribution in [0.5, 0.6) is 0 Å². The van der Waals surface area contributed by atoms with Crippen molar-refractivity contribution in [2.75, 3.05) is 6.61 Å². The Bertz CT molecular complexity index is 311. The summed E-state index contributed by atoms with van der Waals surface area (Å²) in [5, 5.41) is 0. The van der Waals surface area contributed by atoms with Gasteiger partial charge in [0.15, 0.2) is 0 Å². The molecule has 8 heteroatoms. The van der Waals surface area contributed by atoms with E-state index >= 15 is 0 Å². The van der Waals surface area contributed by atoms with Crippen LogP contribution in [0.1, 0.15) is 13.8 Å². The molecule has 92 valence electrons. The van der Waals surface area contributed by atoms with Crippen LogP contribution in [0.4, 0.5) is 0 Å². The normalized spacial score (nSPS) is 47.5. The first kappa shape index (κ1) is 12.5. The number of rotatable bonds is 3. The number of phosphoric acid groups is 1. The summed E-state index contributed by atoms with van der Waals surface area (Å²) in [5.74, 6) is 0. The lowest BCUT2D eigenvalue weighted by molar-refractivity contribution is -0.0443. The van der Waals surface area contributed by atoms with Crippen LogP contribution in [-0.2, 0) is 23.1 Å². The average molecular weight is 250 g/mol. The van der Waals surface area contributed by atoms with E-state index in [9.17, 15) is 9.46 Å². The molecule has 2 aliphatic heterocycles. The van der Waals surface area contributed by atoms with Crippen molar-refractivity contribution in [3.8, 4) is 0 Å². The SMILES string of the molecule is B[C@@H]1O[C@H](COC(C)C)C2OP(=O)(O)O[C@@H]21. The maximum Gasteiger partial charge on any atom is 0.473 e. The molecule has 0 amide bonds. The summed E-state index contributed by atoms with van der Waals surface area (Å²) < 4.78 is 32.2. The molecule has 0 bridgehead atoms. The van der Waals surface area contributed by atoms with Crippen LogP contribution in [0, 0.1) is 0 Å². The zero-order valence-corrected chi connectivity index (χ0v) is 10.4. The molecule has 2 heterocycles. The summed E-state index contributed by atoms with van der Waals surface area (Å²) >= 11 is 0. The third kappa shape index (κ3) is 2.50. The lowest BCUT2D eigenvalue weighted by Crippen LogP contribution is -2.32. The number of phosphoric ester groups is 1. The maximum atomic E-state index is 11.3.